The number of ether oxygens (including phenoxy) is 7. The second-order valence-electron chi connectivity index (χ2n) is 24.2. The summed E-state index contributed by atoms with van der Waals surface area (Å²) in [6, 6.07) is 6.74. The summed E-state index contributed by atoms with van der Waals surface area (Å²) in [5.41, 5.74) is 0.356. The molecule has 0 aliphatic heterocycles. The fraction of sp³-hybridized carbons (Fsp3) is 0.811. The highest BCUT2D eigenvalue weighted by molar-refractivity contribution is 6.03. The molecule has 0 N–H and O–H groups in total. The predicted molar refractivity (Wildman–Crippen MR) is 351 cm³/mol. The van der Waals surface area contributed by atoms with Crippen LogP contribution in [0.4, 0.5) is 0 Å². The maximum absolute atomic E-state index is 14.5. The summed E-state index contributed by atoms with van der Waals surface area (Å²) >= 11 is 0. The molecule has 0 radical (unpaired) electrons. The molecule has 0 atom stereocenters. The Morgan fingerprint density at radius 2 is 0.386 bits per heavy atom. The normalized spacial score (nSPS) is 11.3. The number of carbonyl (C=O) groups excluding carboxylic acids is 2. The van der Waals surface area contributed by atoms with Crippen LogP contribution in [0.5, 0.6) is 34.5 Å². The monoisotopic (exact) mass is 1160 g/mol. The van der Waals surface area contributed by atoms with Gasteiger partial charge in [-0.1, -0.05) is 311 Å². The molecule has 2 aromatic rings. The smallest absolute Gasteiger partial charge is 0.346 e. The Labute approximate surface area is 511 Å². The first-order valence-electron chi connectivity index (χ1n) is 35.8. The number of esters is 2. The first-order chi connectivity index (χ1) is 40.9. The van der Waals surface area contributed by atoms with E-state index in [-0.39, 0.29) is 11.1 Å². The molecule has 480 valence electrons. The second kappa shape index (κ2) is 56.2. The van der Waals surface area contributed by atoms with Crippen molar-refractivity contribution < 1.29 is 42.7 Å². The fourth-order valence-electron chi connectivity index (χ4n) is 10.8. The molecule has 0 saturated carbocycles. The maximum atomic E-state index is 14.5. The summed E-state index contributed by atoms with van der Waals surface area (Å²) in [4.78, 5) is 29.0. The Balaban J connectivity index is 2.51. The van der Waals surface area contributed by atoms with Crippen LogP contribution in [0.25, 0.3) is 0 Å². The molecule has 9 heteroatoms. The van der Waals surface area contributed by atoms with Gasteiger partial charge in [-0.2, -0.15) is 0 Å². The molecule has 0 fully saturated rings. The van der Waals surface area contributed by atoms with Crippen LogP contribution in [0.2, 0.25) is 0 Å². The molecule has 2 rings (SSSR count). The Morgan fingerprint density at radius 3 is 0.566 bits per heavy atom. The molecule has 0 aliphatic carbocycles. The van der Waals surface area contributed by atoms with Crippen molar-refractivity contribution in [2.75, 3.05) is 39.6 Å². The number of hydrogen-bond donors (Lipinski definition) is 0. The molecule has 0 heterocycles. The van der Waals surface area contributed by atoms with Gasteiger partial charge in [0.1, 0.15) is 0 Å². The van der Waals surface area contributed by atoms with Gasteiger partial charge in [0.2, 0.25) is 11.5 Å². The molecule has 83 heavy (non-hydrogen) atoms. The van der Waals surface area contributed by atoms with Crippen molar-refractivity contribution in [2.24, 2.45) is 0 Å². The van der Waals surface area contributed by atoms with Crippen molar-refractivity contribution >= 4 is 11.9 Å². The van der Waals surface area contributed by atoms with Gasteiger partial charge >= 0.3 is 11.9 Å². The average Bonchev–Trinajstić information content (AvgIpc) is 3.68. The molecule has 2 aromatic carbocycles. The summed E-state index contributed by atoms with van der Waals surface area (Å²) in [5.74, 6) is 1.28. The third-order valence-corrected chi connectivity index (χ3v) is 16.2. The van der Waals surface area contributed by atoms with Gasteiger partial charge in [0.15, 0.2) is 23.0 Å². The van der Waals surface area contributed by atoms with E-state index < -0.39 is 11.9 Å². The van der Waals surface area contributed by atoms with Crippen molar-refractivity contribution in [1.29, 1.82) is 0 Å². The molecule has 0 saturated heterocycles. The highest BCUT2D eigenvalue weighted by atomic mass is 16.6. The SMILES string of the molecule is CCCCCCCCCCOc1cc(C(=O)OC(=O)c2cc(OCCCCCCCCCC)c(OCCCCCCCCCC)c(OCCCCCCCCCC)c2)cc(OCCCCCCCCCC)c1OCCCCCCCCCC. The van der Waals surface area contributed by atoms with Crippen LogP contribution in [-0.2, 0) is 4.74 Å². The first-order valence-corrected chi connectivity index (χ1v) is 35.8. The average molecular weight is 1160 g/mol. The second-order valence-corrected chi connectivity index (χ2v) is 24.2. The Bertz CT molecular complexity index is 1580. The van der Waals surface area contributed by atoms with Crippen LogP contribution in [0.3, 0.4) is 0 Å². The molecule has 0 unspecified atom stereocenters. The lowest BCUT2D eigenvalue weighted by atomic mass is 10.1. The van der Waals surface area contributed by atoms with Crippen molar-refractivity contribution in [3.05, 3.63) is 35.4 Å². The van der Waals surface area contributed by atoms with Crippen LogP contribution in [0, 0.1) is 0 Å². The van der Waals surface area contributed by atoms with Crippen LogP contribution in [-0.4, -0.2) is 51.6 Å². The molecule has 0 amide bonds. The van der Waals surface area contributed by atoms with E-state index in [1.54, 1.807) is 24.3 Å². The zero-order valence-electron chi connectivity index (χ0n) is 55.2. The van der Waals surface area contributed by atoms with Gasteiger partial charge in [0.05, 0.1) is 50.8 Å². The minimum absolute atomic E-state index is 0.178. The summed E-state index contributed by atoms with van der Waals surface area (Å²) in [5, 5.41) is 0. The van der Waals surface area contributed by atoms with Crippen LogP contribution >= 0.6 is 0 Å². The van der Waals surface area contributed by atoms with Gasteiger partial charge in [0, 0.05) is 0 Å². The zero-order chi connectivity index (χ0) is 59.7. The minimum Gasteiger partial charge on any atom is -0.490 e. The number of carbonyl (C=O) groups is 2. The van der Waals surface area contributed by atoms with Crippen molar-refractivity contribution in [3.8, 4) is 34.5 Å². The Hall–Kier alpha value is -3.62. The van der Waals surface area contributed by atoms with Gasteiger partial charge in [-0.3, -0.25) is 0 Å². The zero-order valence-corrected chi connectivity index (χ0v) is 55.2. The summed E-state index contributed by atoms with van der Waals surface area (Å²) < 4.78 is 45.3. The van der Waals surface area contributed by atoms with Gasteiger partial charge in [-0.25, -0.2) is 9.59 Å². The molecule has 0 spiro atoms. The lowest BCUT2D eigenvalue weighted by Crippen LogP contribution is -2.15. The lowest BCUT2D eigenvalue weighted by Gasteiger charge is -2.19. The number of hydrogen-bond acceptors (Lipinski definition) is 9. The van der Waals surface area contributed by atoms with Gasteiger partial charge < -0.3 is 33.2 Å². The lowest BCUT2D eigenvalue weighted by molar-refractivity contribution is 0.0396. The van der Waals surface area contributed by atoms with E-state index in [1.165, 1.54) is 231 Å². The largest absolute Gasteiger partial charge is 0.490 e. The van der Waals surface area contributed by atoms with E-state index in [9.17, 15) is 9.59 Å². The first kappa shape index (κ1) is 75.5. The molecule has 0 aromatic heterocycles. The predicted octanol–water partition coefficient (Wildman–Crippen LogP) is 23.8. The van der Waals surface area contributed by atoms with Gasteiger partial charge in [-0.05, 0) is 62.8 Å². The standard InChI is InChI=1S/C74H130O9/c1-7-13-19-25-31-37-43-49-55-77-67-61-65(62-68(78-56-50-44-38-32-26-20-14-8-2)71(67)81-59-53-47-41-35-29-23-17-11-5)73(75)83-74(76)66-63-69(79-57-51-45-39-33-27-21-15-9-3)72(82-60-54-48-42-36-30-24-18-12-6)70(64-66)80-58-52-46-40-34-28-22-16-10-4/h61-64H,7-60H2,1-6H3. The minimum atomic E-state index is -0.781. The van der Waals surface area contributed by atoms with Gasteiger partial charge in [-0.15, -0.1) is 0 Å². The number of rotatable bonds is 62. The summed E-state index contributed by atoms with van der Waals surface area (Å²) in [6.07, 6.45) is 57.0. The summed E-state index contributed by atoms with van der Waals surface area (Å²) in [6.45, 7) is 16.5. The fourth-order valence-corrected chi connectivity index (χ4v) is 10.8. The topological polar surface area (TPSA) is 98.8 Å². The Morgan fingerprint density at radius 1 is 0.229 bits per heavy atom. The van der Waals surface area contributed by atoms with Crippen LogP contribution < -0.4 is 28.4 Å². The van der Waals surface area contributed by atoms with E-state index in [0.29, 0.717) is 74.1 Å². The van der Waals surface area contributed by atoms with Crippen LogP contribution in [0.15, 0.2) is 24.3 Å². The highest BCUT2D eigenvalue weighted by Gasteiger charge is 2.25. The van der Waals surface area contributed by atoms with E-state index in [2.05, 4.69) is 41.5 Å². The van der Waals surface area contributed by atoms with Crippen molar-refractivity contribution in [2.45, 2.75) is 350 Å². The quantitative estimate of drug-likeness (QED) is 0.0364. The third kappa shape index (κ3) is 40.4. The molecule has 9 nitrogen and oxygen atoms in total. The van der Waals surface area contributed by atoms with Crippen molar-refractivity contribution in [1.82, 2.24) is 0 Å². The van der Waals surface area contributed by atoms with E-state index >= 15 is 0 Å². The molecular weight excluding hydrogens is 1030 g/mol. The maximum Gasteiger partial charge on any atom is 0.346 e. The highest BCUT2D eigenvalue weighted by Crippen LogP contribution is 2.42. The molecule has 0 bridgehead atoms. The van der Waals surface area contributed by atoms with Crippen LogP contribution in [0.1, 0.15) is 370 Å². The number of unbranched alkanes of at least 4 members (excludes halogenated alkanes) is 42. The molecular formula is C74H130O9. The Kier molecular flexibility index (Phi) is 51.1. The van der Waals surface area contributed by atoms with Gasteiger partial charge in [0.25, 0.3) is 0 Å². The van der Waals surface area contributed by atoms with E-state index in [1.807, 2.05) is 0 Å². The number of benzene rings is 2. The van der Waals surface area contributed by atoms with E-state index in [4.69, 9.17) is 33.2 Å². The summed E-state index contributed by atoms with van der Waals surface area (Å²) in [7, 11) is 0. The van der Waals surface area contributed by atoms with Crippen molar-refractivity contribution in [3.63, 3.8) is 0 Å². The third-order valence-electron chi connectivity index (χ3n) is 16.2. The molecule has 0 aliphatic rings. The van der Waals surface area contributed by atoms with E-state index in [0.717, 1.165) is 77.0 Å².